The molecule has 138 valence electrons. The van der Waals surface area contributed by atoms with Crippen molar-refractivity contribution in [2.24, 2.45) is 5.16 Å². The highest BCUT2D eigenvalue weighted by molar-refractivity contribution is 6.30. The Labute approximate surface area is 158 Å². The fraction of sp³-hybridized carbons (Fsp3) is 0.263. The minimum Gasteiger partial charge on any atom is -0.391 e. The number of nitrogens with one attached hydrogen (secondary N) is 2. The smallest absolute Gasteiger partial charge is 0.243 e. The molecule has 1 unspecified atom stereocenters. The van der Waals surface area contributed by atoms with Gasteiger partial charge < -0.3 is 15.0 Å². The van der Waals surface area contributed by atoms with E-state index >= 15 is 0 Å². The van der Waals surface area contributed by atoms with Crippen molar-refractivity contribution in [3.63, 3.8) is 0 Å². The molecule has 26 heavy (non-hydrogen) atoms. The van der Waals surface area contributed by atoms with Crippen molar-refractivity contribution in [3.05, 3.63) is 70.2 Å². The van der Waals surface area contributed by atoms with E-state index in [9.17, 15) is 4.79 Å². The van der Waals surface area contributed by atoms with Crippen molar-refractivity contribution in [3.8, 4) is 0 Å². The van der Waals surface area contributed by atoms with Gasteiger partial charge >= 0.3 is 0 Å². The Morgan fingerprint density at radius 1 is 1.19 bits per heavy atom. The van der Waals surface area contributed by atoms with Gasteiger partial charge in [0.25, 0.3) is 0 Å². The number of oxime groups is 1. The van der Waals surface area contributed by atoms with Gasteiger partial charge in [0.15, 0.2) is 0 Å². The molecule has 2 rings (SSSR count). The fourth-order valence-corrected chi connectivity index (χ4v) is 2.54. The predicted octanol–water partition coefficient (Wildman–Crippen LogP) is 3.22. The van der Waals surface area contributed by atoms with E-state index in [0.717, 1.165) is 22.4 Å². The minimum absolute atomic E-state index is 0.208. The first-order valence-electron chi connectivity index (χ1n) is 8.07. The summed E-state index contributed by atoms with van der Waals surface area (Å²) < 4.78 is 0. The van der Waals surface area contributed by atoms with Crippen LogP contribution in [0.25, 0.3) is 0 Å². The van der Waals surface area contributed by atoms with Crippen LogP contribution in [0.1, 0.15) is 29.7 Å². The zero-order valence-corrected chi connectivity index (χ0v) is 15.7. The summed E-state index contributed by atoms with van der Waals surface area (Å²) in [4.78, 5) is 22.6. The maximum absolute atomic E-state index is 12.1. The highest BCUT2D eigenvalue weighted by atomic mass is 35.5. The van der Waals surface area contributed by atoms with Crippen LogP contribution >= 0.6 is 11.6 Å². The lowest BCUT2D eigenvalue weighted by atomic mass is 10.0. The first-order valence-corrected chi connectivity index (χ1v) is 8.45. The Morgan fingerprint density at radius 2 is 1.88 bits per heavy atom. The number of hydroxylamine groups is 1. The molecule has 0 saturated carbocycles. The third kappa shape index (κ3) is 5.29. The fourth-order valence-electron chi connectivity index (χ4n) is 2.41. The maximum atomic E-state index is 12.1. The van der Waals surface area contributed by atoms with Crippen LogP contribution in [-0.4, -0.2) is 25.8 Å². The van der Waals surface area contributed by atoms with Gasteiger partial charge in [-0.05, 0) is 35.7 Å². The van der Waals surface area contributed by atoms with Crippen LogP contribution in [0.5, 0.6) is 0 Å². The summed E-state index contributed by atoms with van der Waals surface area (Å²) in [5.74, 6) is -0.208. The summed E-state index contributed by atoms with van der Waals surface area (Å²) in [6.07, 6.45) is 0. The number of amides is 1. The largest absolute Gasteiger partial charge is 0.391 e. The molecule has 0 aromatic heterocycles. The van der Waals surface area contributed by atoms with Gasteiger partial charge in [0, 0.05) is 12.1 Å². The summed E-state index contributed by atoms with van der Waals surface area (Å²) in [5, 5.41) is 7.44. The number of likely N-dealkylation sites (N-methyl/N-ethyl adjacent to an activating group) is 1. The van der Waals surface area contributed by atoms with Crippen LogP contribution in [0.15, 0.2) is 53.7 Å². The number of hydrogen-bond acceptors (Lipinski definition) is 5. The van der Waals surface area contributed by atoms with Gasteiger partial charge in [-0.1, -0.05) is 53.2 Å². The summed E-state index contributed by atoms with van der Waals surface area (Å²) in [6, 6.07) is 14.2. The van der Waals surface area contributed by atoms with Crippen molar-refractivity contribution in [2.45, 2.75) is 19.6 Å². The number of carbonyl (C=O) groups excluding carboxylic acids is 1. The zero-order chi connectivity index (χ0) is 18.9. The molecule has 7 heteroatoms. The Bertz CT molecular complexity index is 763. The molecule has 2 N–H and O–H groups in total. The maximum Gasteiger partial charge on any atom is 0.243 e. The molecule has 2 aromatic rings. The lowest BCUT2D eigenvalue weighted by Gasteiger charge is -2.19. The Hall–Kier alpha value is -2.41. The lowest BCUT2D eigenvalue weighted by molar-refractivity contribution is -0.126. The van der Waals surface area contributed by atoms with E-state index in [1.165, 1.54) is 7.11 Å². The van der Waals surface area contributed by atoms with E-state index < -0.39 is 6.04 Å². The van der Waals surface area contributed by atoms with Crippen LogP contribution < -0.4 is 10.8 Å². The van der Waals surface area contributed by atoms with Crippen LogP contribution in [0.4, 0.5) is 0 Å². The molecule has 1 atom stereocenters. The monoisotopic (exact) mass is 375 g/mol. The van der Waals surface area contributed by atoms with Gasteiger partial charge in [-0.25, -0.2) is 0 Å². The summed E-state index contributed by atoms with van der Waals surface area (Å²) >= 11 is 5.89. The normalized spacial score (nSPS) is 12.5. The van der Waals surface area contributed by atoms with Crippen molar-refractivity contribution < 1.29 is 14.5 Å². The van der Waals surface area contributed by atoms with Crippen molar-refractivity contribution in [1.29, 1.82) is 0 Å². The Kier molecular flexibility index (Phi) is 7.59. The second-order valence-corrected chi connectivity index (χ2v) is 5.96. The van der Waals surface area contributed by atoms with Gasteiger partial charge in [0.05, 0.1) is 12.8 Å². The molecule has 1 amide bonds. The number of rotatable bonds is 8. The highest BCUT2D eigenvalue weighted by Crippen LogP contribution is 2.20. The molecule has 0 aliphatic heterocycles. The molecule has 0 spiro atoms. The lowest BCUT2D eigenvalue weighted by Crippen LogP contribution is -2.35. The average Bonchev–Trinajstić information content (AvgIpc) is 2.66. The van der Waals surface area contributed by atoms with Crippen LogP contribution in [0.2, 0.25) is 5.02 Å². The first-order chi connectivity index (χ1) is 12.6. The third-order valence-corrected chi connectivity index (χ3v) is 4.05. The quantitative estimate of drug-likeness (QED) is 0.549. The highest BCUT2D eigenvalue weighted by Gasteiger charge is 2.22. The number of benzene rings is 2. The topological polar surface area (TPSA) is 72.0 Å². The molecule has 6 nitrogen and oxygen atoms in total. The SMILES string of the molecule is CNC(=O)C(NOC)c1ccccc1CO/N=C(\C)c1ccc(Cl)cc1. The molecule has 0 aliphatic carbocycles. The van der Waals surface area contributed by atoms with Crippen molar-refractivity contribution >= 4 is 23.2 Å². The standard InChI is InChI=1S/C19H22ClN3O3/c1-13(14-8-10-16(20)11-9-14)22-26-12-15-6-4-5-7-17(15)18(23-25-3)19(24)21-2/h4-11,18,23H,12H2,1-3H3,(H,21,24)/b22-13+. The molecular weight excluding hydrogens is 354 g/mol. The second kappa shape index (κ2) is 9.91. The van der Waals surface area contributed by atoms with E-state index in [1.54, 1.807) is 19.2 Å². The van der Waals surface area contributed by atoms with Crippen LogP contribution in [-0.2, 0) is 21.1 Å². The molecule has 0 fully saturated rings. The number of hydrogen-bond donors (Lipinski definition) is 2. The van der Waals surface area contributed by atoms with E-state index in [1.807, 2.05) is 43.3 Å². The number of halogens is 1. The van der Waals surface area contributed by atoms with Crippen LogP contribution in [0.3, 0.4) is 0 Å². The first kappa shape index (κ1) is 19.9. The molecule has 2 aromatic carbocycles. The Morgan fingerprint density at radius 3 is 2.54 bits per heavy atom. The van der Waals surface area contributed by atoms with Gasteiger partial charge in [0.2, 0.25) is 5.91 Å². The van der Waals surface area contributed by atoms with Crippen molar-refractivity contribution in [2.75, 3.05) is 14.2 Å². The molecule has 0 aliphatic rings. The molecule has 0 radical (unpaired) electrons. The zero-order valence-electron chi connectivity index (χ0n) is 15.0. The van der Waals surface area contributed by atoms with Gasteiger partial charge in [-0.2, -0.15) is 5.48 Å². The Balaban J connectivity index is 2.13. The van der Waals surface area contributed by atoms with Gasteiger partial charge in [-0.3, -0.25) is 4.79 Å². The number of carbonyl (C=O) groups is 1. The van der Waals surface area contributed by atoms with Crippen molar-refractivity contribution in [1.82, 2.24) is 10.8 Å². The summed E-state index contributed by atoms with van der Waals surface area (Å²) in [6.45, 7) is 2.08. The molecular formula is C19H22ClN3O3. The predicted molar refractivity (Wildman–Crippen MR) is 102 cm³/mol. The summed E-state index contributed by atoms with van der Waals surface area (Å²) in [5.41, 5.74) is 5.95. The summed E-state index contributed by atoms with van der Waals surface area (Å²) in [7, 11) is 3.04. The van der Waals surface area contributed by atoms with E-state index in [4.69, 9.17) is 21.3 Å². The minimum atomic E-state index is -0.647. The van der Waals surface area contributed by atoms with Gasteiger partial charge in [-0.15, -0.1) is 0 Å². The van der Waals surface area contributed by atoms with Crippen LogP contribution in [0, 0.1) is 0 Å². The average molecular weight is 376 g/mol. The number of nitrogens with zero attached hydrogens (tertiary/aromatic N) is 1. The molecule has 0 bridgehead atoms. The third-order valence-electron chi connectivity index (χ3n) is 3.79. The molecule has 0 heterocycles. The van der Waals surface area contributed by atoms with Gasteiger partial charge in [0.1, 0.15) is 12.6 Å². The molecule has 0 saturated heterocycles. The second-order valence-electron chi connectivity index (χ2n) is 5.53. The van der Waals surface area contributed by atoms with E-state index in [2.05, 4.69) is 16.0 Å². The van der Waals surface area contributed by atoms with E-state index in [0.29, 0.717) is 5.02 Å². The van der Waals surface area contributed by atoms with E-state index in [-0.39, 0.29) is 12.5 Å².